The van der Waals surface area contributed by atoms with Gasteiger partial charge in [0.15, 0.2) is 0 Å². The minimum atomic E-state index is -0.516. The zero-order valence-electron chi connectivity index (χ0n) is 16.3. The molecule has 0 spiro atoms. The molecule has 0 radical (unpaired) electrons. The summed E-state index contributed by atoms with van der Waals surface area (Å²) in [5.74, 6) is 0.694. The molecule has 0 fully saturated rings. The van der Waals surface area contributed by atoms with E-state index in [2.05, 4.69) is 21.3 Å². The van der Waals surface area contributed by atoms with Gasteiger partial charge in [0.2, 0.25) is 0 Å². The van der Waals surface area contributed by atoms with Crippen molar-refractivity contribution in [3.05, 3.63) is 70.4 Å². The lowest BCUT2D eigenvalue weighted by Crippen LogP contribution is -2.46. The number of furan rings is 1. The second-order valence-electron chi connectivity index (χ2n) is 6.49. The van der Waals surface area contributed by atoms with Crippen LogP contribution in [0.2, 0.25) is 0 Å². The predicted molar refractivity (Wildman–Crippen MR) is 104 cm³/mol. The molecule has 0 saturated heterocycles. The van der Waals surface area contributed by atoms with Crippen LogP contribution in [-0.2, 0) is 6.54 Å². The Kier molecular flexibility index (Phi) is 5.49. The van der Waals surface area contributed by atoms with E-state index in [0.717, 1.165) is 22.6 Å². The van der Waals surface area contributed by atoms with Crippen LogP contribution in [-0.4, -0.2) is 21.7 Å². The van der Waals surface area contributed by atoms with E-state index in [1.54, 1.807) is 19.9 Å². The standard InChI is InChI=1S/C20H23N5O3/c1-12-10-17(15(4)28-12)19(26)22-23-20(27)21-11-18-13(2)24-25(14(18)3)16-8-6-5-7-9-16/h5-10H,11H2,1-4H3,(H,22,26)(H2,21,23,27). The highest BCUT2D eigenvalue weighted by atomic mass is 16.3. The van der Waals surface area contributed by atoms with Crippen LogP contribution < -0.4 is 16.2 Å². The van der Waals surface area contributed by atoms with Crippen molar-refractivity contribution in [2.24, 2.45) is 0 Å². The van der Waals surface area contributed by atoms with Crippen LogP contribution in [0, 0.1) is 27.7 Å². The zero-order chi connectivity index (χ0) is 20.3. The predicted octanol–water partition coefficient (Wildman–Crippen LogP) is 2.84. The Hall–Kier alpha value is -3.55. The highest BCUT2D eigenvalue weighted by molar-refractivity contribution is 5.96. The Morgan fingerprint density at radius 2 is 1.79 bits per heavy atom. The van der Waals surface area contributed by atoms with Crippen LogP contribution in [0.1, 0.15) is 38.8 Å². The number of hydrazine groups is 1. The molecule has 8 heteroatoms. The molecule has 0 aliphatic heterocycles. The normalized spacial score (nSPS) is 10.6. The summed E-state index contributed by atoms with van der Waals surface area (Å²) >= 11 is 0. The third-order valence-corrected chi connectivity index (χ3v) is 4.44. The maximum absolute atomic E-state index is 12.1. The molecule has 3 aromatic rings. The van der Waals surface area contributed by atoms with Crippen molar-refractivity contribution in [2.45, 2.75) is 34.2 Å². The summed E-state index contributed by atoms with van der Waals surface area (Å²) in [5.41, 5.74) is 8.75. The van der Waals surface area contributed by atoms with E-state index in [0.29, 0.717) is 17.1 Å². The molecule has 1 aromatic carbocycles. The van der Waals surface area contributed by atoms with Crippen molar-refractivity contribution in [3.63, 3.8) is 0 Å². The minimum Gasteiger partial charge on any atom is -0.466 e. The first kappa shape index (κ1) is 19.2. The van der Waals surface area contributed by atoms with Gasteiger partial charge < -0.3 is 9.73 Å². The Labute approximate surface area is 162 Å². The van der Waals surface area contributed by atoms with Gasteiger partial charge in [0.05, 0.1) is 16.9 Å². The van der Waals surface area contributed by atoms with E-state index in [1.807, 2.05) is 48.9 Å². The molecule has 3 amide bonds. The summed E-state index contributed by atoms with van der Waals surface area (Å²) in [6.45, 7) is 7.58. The Balaban J connectivity index is 1.58. The van der Waals surface area contributed by atoms with E-state index in [4.69, 9.17) is 4.42 Å². The number of para-hydroxylation sites is 1. The molecular formula is C20H23N5O3. The fraction of sp³-hybridized carbons (Fsp3) is 0.250. The SMILES string of the molecule is Cc1cc(C(=O)NNC(=O)NCc2c(C)nn(-c3ccccc3)c2C)c(C)o1. The third kappa shape index (κ3) is 4.06. The average Bonchev–Trinajstić information content (AvgIpc) is 3.16. The Bertz CT molecular complexity index is 1000. The highest BCUT2D eigenvalue weighted by Gasteiger charge is 2.16. The molecule has 2 heterocycles. The second kappa shape index (κ2) is 7.99. The van der Waals surface area contributed by atoms with Gasteiger partial charge in [-0.2, -0.15) is 5.10 Å². The van der Waals surface area contributed by atoms with Crippen LogP contribution in [0.15, 0.2) is 40.8 Å². The molecule has 0 saturated carbocycles. The van der Waals surface area contributed by atoms with Crippen molar-refractivity contribution in [1.82, 2.24) is 25.9 Å². The largest absolute Gasteiger partial charge is 0.466 e. The molecule has 8 nitrogen and oxygen atoms in total. The highest BCUT2D eigenvalue weighted by Crippen LogP contribution is 2.17. The first-order chi connectivity index (χ1) is 13.4. The monoisotopic (exact) mass is 381 g/mol. The smallest absolute Gasteiger partial charge is 0.333 e. The number of urea groups is 1. The summed E-state index contributed by atoms with van der Waals surface area (Å²) < 4.78 is 7.16. The number of nitrogens with zero attached hydrogens (tertiary/aromatic N) is 2. The van der Waals surface area contributed by atoms with Crippen molar-refractivity contribution >= 4 is 11.9 Å². The maximum Gasteiger partial charge on any atom is 0.333 e. The van der Waals surface area contributed by atoms with Gasteiger partial charge in [0.25, 0.3) is 5.91 Å². The summed E-state index contributed by atoms with van der Waals surface area (Å²) in [7, 11) is 0. The quantitative estimate of drug-likeness (QED) is 0.605. The van der Waals surface area contributed by atoms with Gasteiger partial charge in [0, 0.05) is 17.8 Å². The van der Waals surface area contributed by atoms with Gasteiger partial charge in [-0.25, -0.2) is 14.9 Å². The molecule has 3 rings (SSSR count). The molecule has 0 aliphatic carbocycles. The number of carbonyl (C=O) groups is 2. The zero-order valence-corrected chi connectivity index (χ0v) is 16.3. The topological polar surface area (TPSA) is 101 Å². The molecular weight excluding hydrogens is 358 g/mol. The van der Waals surface area contributed by atoms with E-state index in [9.17, 15) is 9.59 Å². The van der Waals surface area contributed by atoms with Gasteiger partial charge in [-0.1, -0.05) is 18.2 Å². The number of nitrogens with one attached hydrogen (secondary N) is 3. The van der Waals surface area contributed by atoms with Crippen LogP contribution >= 0.6 is 0 Å². The number of amides is 3. The summed E-state index contributed by atoms with van der Waals surface area (Å²) in [6, 6.07) is 10.9. The lowest BCUT2D eigenvalue weighted by atomic mass is 10.2. The molecule has 28 heavy (non-hydrogen) atoms. The average molecular weight is 381 g/mol. The number of hydrogen-bond donors (Lipinski definition) is 3. The first-order valence-corrected chi connectivity index (χ1v) is 8.88. The van der Waals surface area contributed by atoms with Crippen molar-refractivity contribution < 1.29 is 14.0 Å². The number of rotatable bonds is 4. The second-order valence-corrected chi connectivity index (χ2v) is 6.49. The third-order valence-electron chi connectivity index (χ3n) is 4.44. The van der Waals surface area contributed by atoms with Gasteiger partial charge in [0.1, 0.15) is 11.5 Å². The van der Waals surface area contributed by atoms with Gasteiger partial charge in [-0.15, -0.1) is 0 Å². The number of benzene rings is 1. The van der Waals surface area contributed by atoms with E-state index >= 15 is 0 Å². The first-order valence-electron chi connectivity index (χ1n) is 8.88. The lowest BCUT2D eigenvalue weighted by Gasteiger charge is -2.09. The lowest BCUT2D eigenvalue weighted by molar-refractivity contribution is 0.0934. The van der Waals surface area contributed by atoms with E-state index in [1.165, 1.54) is 0 Å². The Morgan fingerprint density at radius 1 is 1.07 bits per heavy atom. The van der Waals surface area contributed by atoms with Crippen molar-refractivity contribution in [1.29, 1.82) is 0 Å². The fourth-order valence-electron chi connectivity index (χ4n) is 3.00. The molecule has 0 unspecified atom stereocenters. The maximum atomic E-state index is 12.1. The molecule has 2 aromatic heterocycles. The van der Waals surface area contributed by atoms with Crippen LogP contribution in [0.25, 0.3) is 5.69 Å². The van der Waals surface area contributed by atoms with E-state index in [-0.39, 0.29) is 6.54 Å². The van der Waals surface area contributed by atoms with E-state index < -0.39 is 11.9 Å². The van der Waals surface area contributed by atoms with Gasteiger partial charge in [-0.05, 0) is 45.9 Å². The number of hydrogen-bond acceptors (Lipinski definition) is 4. The molecule has 0 bridgehead atoms. The van der Waals surface area contributed by atoms with Crippen LogP contribution in [0.5, 0.6) is 0 Å². The minimum absolute atomic E-state index is 0.288. The number of aromatic nitrogens is 2. The summed E-state index contributed by atoms with van der Waals surface area (Å²) in [4.78, 5) is 24.2. The molecule has 0 atom stereocenters. The molecule has 146 valence electrons. The van der Waals surface area contributed by atoms with Crippen LogP contribution in [0.3, 0.4) is 0 Å². The van der Waals surface area contributed by atoms with Gasteiger partial charge in [-0.3, -0.25) is 10.2 Å². The fourth-order valence-corrected chi connectivity index (χ4v) is 3.00. The summed E-state index contributed by atoms with van der Waals surface area (Å²) in [6.07, 6.45) is 0. The number of aryl methyl sites for hydroxylation is 3. The summed E-state index contributed by atoms with van der Waals surface area (Å²) in [5, 5.41) is 7.28. The van der Waals surface area contributed by atoms with Crippen molar-refractivity contribution in [2.75, 3.05) is 0 Å². The number of carbonyl (C=O) groups excluding carboxylic acids is 2. The molecule has 0 aliphatic rings. The van der Waals surface area contributed by atoms with Crippen LogP contribution in [0.4, 0.5) is 4.79 Å². The molecule has 3 N–H and O–H groups in total. The van der Waals surface area contributed by atoms with Gasteiger partial charge >= 0.3 is 6.03 Å². The Morgan fingerprint density at radius 3 is 2.43 bits per heavy atom. The van der Waals surface area contributed by atoms with Crippen molar-refractivity contribution in [3.8, 4) is 5.69 Å².